The van der Waals surface area contributed by atoms with Gasteiger partial charge in [0, 0.05) is 28.8 Å². The minimum Gasteiger partial charge on any atom is -0.508 e. The number of methoxy groups -OCH3 is 1. The van der Waals surface area contributed by atoms with Crippen molar-refractivity contribution < 1.29 is 9.84 Å². The summed E-state index contributed by atoms with van der Waals surface area (Å²) in [5.74, 6) is 1.04. The highest BCUT2D eigenvalue weighted by Gasteiger charge is 2.27. The molecule has 0 fully saturated rings. The Bertz CT molecular complexity index is 1030. The molecule has 3 aromatic rings. The molecule has 1 aliphatic heterocycles. The summed E-state index contributed by atoms with van der Waals surface area (Å²) >= 11 is 6.21. The first kappa shape index (κ1) is 19.5. The van der Waals surface area contributed by atoms with Gasteiger partial charge in [-0.25, -0.2) is 0 Å². The van der Waals surface area contributed by atoms with Gasteiger partial charge in [0.25, 0.3) is 0 Å². The molecule has 1 aliphatic rings. The number of ether oxygens (including phenoxy) is 1. The standard InChI is InChI=1S/C24H23ClN2O2/c1-15-3-5-17(6-4-15)24-26-21(16-7-10-19(29-2)11-8-16)14-22(27-24)20-13-18(25)9-12-23(20)28/h3-13,22,24,27-28H,14H2,1-2H3/t22-,24-/m0/s1. The molecule has 0 unspecified atom stereocenters. The Kier molecular flexibility index (Phi) is 5.56. The monoisotopic (exact) mass is 406 g/mol. The van der Waals surface area contributed by atoms with Crippen molar-refractivity contribution in [3.05, 3.63) is 94.0 Å². The molecule has 148 valence electrons. The van der Waals surface area contributed by atoms with Crippen molar-refractivity contribution in [3.8, 4) is 11.5 Å². The summed E-state index contributed by atoms with van der Waals surface area (Å²) in [6, 6.07) is 21.3. The summed E-state index contributed by atoms with van der Waals surface area (Å²) in [4.78, 5) is 4.99. The van der Waals surface area contributed by atoms with Gasteiger partial charge in [0.15, 0.2) is 0 Å². The maximum Gasteiger partial charge on any atom is 0.126 e. The summed E-state index contributed by atoms with van der Waals surface area (Å²) in [5.41, 5.74) is 5.06. The van der Waals surface area contributed by atoms with Crippen LogP contribution in [0.1, 0.15) is 40.9 Å². The highest BCUT2D eigenvalue weighted by Crippen LogP contribution is 2.36. The molecule has 0 aliphatic carbocycles. The van der Waals surface area contributed by atoms with Gasteiger partial charge in [-0.15, -0.1) is 0 Å². The number of halogens is 1. The normalized spacial score (nSPS) is 18.9. The zero-order valence-corrected chi connectivity index (χ0v) is 17.1. The van der Waals surface area contributed by atoms with Crippen LogP contribution >= 0.6 is 11.6 Å². The topological polar surface area (TPSA) is 53.8 Å². The minimum absolute atomic E-state index is 0.116. The van der Waals surface area contributed by atoms with Crippen molar-refractivity contribution in [1.29, 1.82) is 0 Å². The Hall–Kier alpha value is -2.82. The molecule has 3 aromatic carbocycles. The number of rotatable bonds is 4. The first-order chi connectivity index (χ1) is 14.0. The number of aryl methyl sites for hydroxylation is 1. The smallest absolute Gasteiger partial charge is 0.126 e. The molecule has 2 atom stereocenters. The summed E-state index contributed by atoms with van der Waals surface area (Å²) < 4.78 is 5.28. The summed E-state index contributed by atoms with van der Waals surface area (Å²) in [6.07, 6.45) is 0.424. The van der Waals surface area contributed by atoms with E-state index in [1.807, 2.05) is 30.3 Å². The number of hydrogen-bond donors (Lipinski definition) is 2. The molecule has 1 heterocycles. The molecular formula is C24H23ClN2O2. The van der Waals surface area contributed by atoms with E-state index in [1.54, 1.807) is 19.2 Å². The predicted octanol–water partition coefficient (Wildman–Crippen LogP) is 5.59. The number of nitrogens with zero attached hydrogens (tertiary/aromatic N) is 1. The number of hydrogen-bond acceptors (Lipinski definition) is 4. The van der Waals surface area contributed by atoms with Gasteiger partial charge in [-0.3, -0.25) is 10.3 Å². The fraction of sp³-hybridized carbons (Fsp3) is 0.208. The van der Waals surface area contributed by atoms with Crippen molar-refractivity contribution >= 4 is 17.3 Å². The average Bonchev–Trinajstić information content (AvgIpc) is 2.75. The Balaban J connectivity index is 1.75. The predicted molar refractivity (Wildman–Crippen MR) is 117 cm³/mol. The molecule has 0 saturated heterocycles. The first-order valence-corrected chi connectivity index (χ1v) is 9.93. The number of nitrogens with one attached hydrogen (secondary N) is 1. The maximum absolute atomic E-state index is 10.5. The van der Waals surface area contributed by atoms with Gasteiger partial charge in [0.05, 0.1) is 7.11 Å². The number of benzene rings is 3. The minimum atomic E-state index is -0.218. The van der Waals surface area contributed by atoms with Crippen LogP contribution in [0.4, 0.5) is 0 Å². The fourth-order valence-corrected chi connectivity index (χ4v) is 3.77. The van der Waals surface area contributed by atoms with Crippen molar-refractivity contribution in [1.82, 2.24) is 5.32 Å². The molecule has 0 spiro atoms. The van der Waals surface area contributed by atoms with E-state index >= 15 is 0 Å². The summed E-state index contributed by atoms with van der Waals surface area (Å²) in [7, 11) is 1.66. The maximum atomic E-state index is 10.5. The molecule has 0 amide bonds. The molecule has 0 saturated carbocycles. The second-order valence-electron chi connectivity index (χ2n) is 7.24. The van der Waals surface area contributed by atoms with Crippen molar-refractivity contribution in [2.24, 2.45) is 4.99 Å². The van der Waals surface area contributed by atoms with E-state index in [1.165, 1.54) is 5.56 Å². The van der Waals surface area contributed by atoms with Crippen molar-refractivity contribution in [3.63, 3.8) is 0 Å². The van der Waals surface area contributed by atoms with Gasteiger partial charge < -0.3 is 9.84 Å². The van der Waals surface area contributed by atoms with E-state index in [0.717, 1.165) is 28.2 Å². The highest BCUT2D eigenvalue weighted by atomic mass is 35.5. The molecule has 5 heteroatoms. The lowest BCUT2D eigenvalue weighted by molar-refractivity contribution is 0.412. The second kappa shape index (κ2) is 8.27. The molecule has 2 N–H and O–H groups in total. The highest BCUT2D eigenvalue weighted by molar-refractivity contribution is 6.30. The van der Waals surface area contributed by atoms with E-state index in [0.29, 0.717) is 11.4 Å². The van der Waals surface area contributed by atoms with Crippen molar-refractivity contribution in [2.45, 2.75) is 25.6 Å². The van der Waals surface area contributed by atoms with Gasteiger partial charge in [-0.05, 0) is 60.5 Å². The molecular weight excluding hydrogens is 384 g/mol. The molecule has 0 bridgehead atoms. The third kappa shape index (κ3) is 4.29. The van der Waals surface area contributed by atoms with Gasteiger partial charge in [-0.1, -0.05) is 41.4 Å². The van der Waals surface area contributed by atoms with Crippen LogP contribution in [0.15, 0.2) is 71.7 Å². The van der Waals surface area contributed by atoms with Crippen LogP contribution in [-0.2, 0) is 0 Å². The van der Waals surface area contributed by atoms with Crippen LogP contribution in [0.25, 0.3) is 0 Å². The third-order valence-corrected chi connectivity index (χ3v) is 5.46. The Morgan fingerprint density at radius 3 is 2.45 bits per heavy atom. The zero-order valence-electron chi connectivity index (χ0n) is 16.4. The SMILES string of the molecule is COc1ccc(C2=N[C@H](c3ccc(C)cc3)N[C@H](c3cc(Cl)ccc3O)C2)cc1. The van der Waals surface area contributed by atoms with Crippen LogP contribution in [0, 0.1) is 6.92 Å². The quantitative estimate of drug-likeness (QED) is 0.594. The van der Waals surface area contributed by atoms with Gasteiger partial charge in [-0.2, -0.15) is 0 Å². The van der Waals surface area contributed by atoms with E-state index in [-0.39, 0.29) is 18.0 Å². The van der Waals surface area contributed by atoms with E-state index in [9.17, 15) is 5.11 Å². The third-order valence-electron chi connectivity index (χ3n) is 5.22. The van der Waals surface area contributed by atoms with Crippen LogP contribution in [0.3, 0.4) is 0 Å². The molecule has 0 aromatic heterocycles. The van der Waals surface area contributed by atoms with E-state index in [4.69, 9.17) is 21.3 Å². The molecule has 4 rings (SSSR count). The number of phenolic OH excluding ortho intramolecular Hbond substituents is 1. The van der Waals surface area contributed by atoms with E-state index < -0.39 is 0 Å². The largest absolute Gasteiger partial charge is 0.508 e. The summed E-state index contributed by atoms with van der Waals surface area (Å²) in [6.45, 7) is 2.07. The number of phenols is 1. The van der Waals surface area contributed by atoms with Gasteiger partial charge >= 0.3 is 0 Å². The lowest BCUT2D eigenvalue weighted by Crippen LogP contribution is -2.33. The van der Waals surface area contributed by atoms with E-state index in [2.05, 4.69) is 36.5 Å². The van der Waals surface area contributed by atoms with Crippen LogP contribution < -0.4 is 10.1 Å². The molecule has 4 nitrogen and oxygen atoms in total. The van der Waals surface area contributed by atoms with Gasteiger partial charge in [0.1, 0.15) is 17.7 Å². The lowest BCUT2D eigenvalue weighted by atomic mass is 9.93. The summed E-state index contributed by atoms with van der Waals surface area (Å²) in [5, 5.41) is 14.6. The fourth-order valence-electron chi connectivity index (χ4n) is 3.59. The second-order valence-corrected chi connectivity index (χ2v) is 7.68. The Morgan fingerprint density at radius 2 is 1.76 bits per heavy atom. The Labute approximate surface area is 175 Å². The lowest BCUT2D eigenvalue weighted by Gasteiger charge is -2.31. The number of aliphatic imine (C=N–C) groups is 1. The van der Waals surface area contributed by atoms with Crippen LogP contribution in [0.5, 0.6) is 11.5 Å². The Morgan fingerprint density at radius 1 is 1.03 bits per heavy atom. The van der Waals surface area contributed by atoms with Crippen LogP contribution in [0.2, 0.25) is 5.02 Å². The van der Waals surface area contributed by atoms with Crippen LogP contribution in [-0.4, -0.2) is 17.9 Å². The van der Waals surface area contributed by atoms with Gasteiger partial charge in [0.2, 0.25) is 0 Å². The average molecular weight is 407 g/mol. The molecule has 29 heavy (non-hydrogen) atoms. The zero-order chi connectivity index (χ0) is 20.4. The first-order valence-electron chi connectivity index (χ1n) is 9.55. The number of aromatic hydroxyl groups is 1. The van der Waals surface area contributed by atoms with Crippen molar-refractivity contribution in [2.75, 3.05) is 7.11 Å². The molecule has 0 radical (unpaired) electrons.